The largest absolute Gasteiger partial charge is 0.394 e. The summed E-state index contributed by atoms with van der Waals surface area (Å²) in [6.45, 7) is 3.03. The van der Waals surface area contributed by atoms with Crippen LogP contribution in [0.15, 0.2) is 36.5 Å². The summed E-state index contributed by atoms with van der Waals surface area (Å²) in [5, 5.41) is 74.5. The Balaban J connectivity index is 2.71. The molecule has 1 fully saturated rings. The summed E-state index contributed by atoms with van der Waals surface area (Å²) >= 11 is 0. The number of allylic oxidation sites excluding steroid dienone is 6. The van der Waals surface area contributed by atoms with E-state index in [0.717, 1.165) is 44.9 Å². The van der Waals surface area contributed by atoms with Crippen molar-refractivity contribution in [3.63, 3.8) is 0 Å². The van der Waals surface area contributed by atoms with Crippen LogP contribution in [0.3, 0.4) is 0 Å². The minimum Gasteiger partial charge on any atom is -0.394 e. The number of amides is 1. The second-order valence-electron chi connectivity index (χ2n) is 11.5. The standard InChI is InChI=1S/C33H59NO10/c1-3-5-7-9-11-13-15-17-19-21-26(37)32(42)34-24(23-43-33-31(41)30(40)29(39)27(22-35)44-33)28(38)25(36)20-18-16-14-12-10-8-6-4-2/h4,6,9,11-12,14,24-31,33,35-41H,3,5,7-8,10,13,15-23H2,1-2H3,(H,34,42)/b6-4+,11-9-,14-12+. The first-order valence-electron chi connectivity index (χ1n) is 16.4. The van der Waals surface area contributed by atoms with Crippen LogP contribution in [0.5, 0.6) is 0 Å². The molecule has 9 unspecified atom stereocenters. The molecule has 1 rings (SSSR count). The van der Waals surface area contributed by atoms with Gasteiger partial charge in [0.05, 0.1) is 25.4 Å². The Morgan fingerprint density at radius 1 is 0.818 bits per heavy atom. The Kier molecular flexibility index (Phi) is 22.5. The van der Waals surface area contributed by atoms with Gasteiger partial charge in [-0.15, -0.1) is 0 Å². The Hall–Kier alpha value is -1.67. The topological polar surface area (TPSA) is 189 Å². The Bertz CT molecular complexity index is 820. The van der Waals surface area contributed by atoms with Gasteiger partial charge in [0.15, 0.2) is 6.29 Å². The molecule has 0 aliphatic carbocycles. The number of aliphatic hydroxyl groups is 7. The average Bonchev–Trinajstić information content (AvgIpc) is 3.02. The molecule has 1 amide bonds. The van der Waals surface area contributed by atoms with Crippen molar-refractivity contribution in [2.75, 3.05) is 13.2 Å². The molecule has 0 bridgehead atoms. The maximum absolute atomic E-state index is 12.8. The molecular weight excluding hydrogens is 570 g/mol. The summed E-state index contributed by atoms with van der Waals surface area (Å²) in [4.78, 5) is 12.8. The summed E-state index contributed by atoms with van der Waals surface area (Å²) in [6, 6.07) is -1.19. The normalized spacial score (nSPS) is 25.5. The highest BCUT2D eigenvalue weighted by Gasteiger charge is 2.44. The van der Waals surface area contributed by atoms with Crippen molar-refractivity contribution in [1.29, 1.82) is 0 Å². The van der Waals surface area contributed by atoms with Gasteiger partial charge in [-0.05, 0) is 64.7 Å². The monoisotopic (exact) mass is 629 g/mol. The molecule has 1 aliphatic heterocycles. The van der Waals surface area contributed by atoms with E-state index in [1.54, 1.807) is 0 Å². The van der Waals surface area contributed by atoms with E-state index in [4.69, 9.17) is 9.47 Å². The molecule has 1 saturated heterocycles. The molecule has 44 heavy (non-hydrogen) atoms. The van der Waals surface area contributed by atoms with E-state index in [0.29, 0.717) is 19.3 Å². The molecular formula is C33H59NO10. The molecule has 1 aliphatic rings. The molecule has 0 radical (unpaired) electrons. The lowest BCUT2D eigenvalue weighted by atomic mass is 9.98. The lowest BCUT2D eigenvalue weighted by Crippen LogP contribution is -2.60. The van der Waals surface area contributed by atoms with Gasteiger partial charge in [-0.2, -0.15) is 0 Å². The third-order valence-electron chi connectivity index (χ3n) is 7.74. The Morgan fingerprint density at radius 3 is 2.11 bits per heavy atom. The van der Waals surface area contributed by atoms with Crippen LogP contribution in [0.4, 0.5) is 0 Å². The minimum absolute atomic E-state index is 0.227. The number of unbranched alkanes of at least 4 members (excludes halogenated alkanes) is 7. The maximum atomic E-state index is 12.8. The van der Waals surface area contributed by atoms with Gasteiger partial charge in [-0.3, -0.25) is 4.79 Å². The van der Waals surface area contributed by atoms with Crippen molar-refractivity contribution in [3.8, 4) is 0 Å². The number of hydrogen-bond donors (Lipinski definition) is 8. The summed E-state index contributed by atoms with van der Waals surface area (Å²) in [5.74, 6) is -0.734. The number of aliphatic hydroxyl groups excluding tert-OH is 7. The molecule has 0 spiro atoms. The third kappa shape index (κ3) is 16.1. The van der Waals surface area contributed by atoms with Crippen molar-refractivity contribution in [1.82, 2.24) is 5.32 Å². The number of hydrogen-bond acceptors (Lipinski definition) is 10. The van der Waals surface area contributed by atoms with E-state index in [-0.39, 0.29) is 12.8 Å². The van der Waals surface area contributed by atoms with Crippen LogP contribution in [0.25, 0.3) is 0 Å². The Morgan fingerprint density at radius 2 is 1.45 bits per heavy atom. The van der Waals surface area contributed by atoms with Gasteiger partial charge in [0.2, 0.25) is 5.91 Å². The fourth-order valence-corrected chi connectivity index (χ4v) is 4.85. The van der Waals surface area contributed by atoms with Crippen LogP contribution in [0, 0.1) is 0 Å². The van der Waals surface area contributed by atoms with Gasteiger partial charge in [-0.1, -0.05) is 69.1 Å². The third-order valence-corrected chi connectivity index (χ3v) is 7.74. The van der Waals surface area contributed by atoms with Crippen LogP contribution < -0.4 is 5.32 Å². The van der Waals surface area contributed by atoms with Gasteiger partial charge in [0.25, 0.3) is 0 Å². The van der Waals surface area contributed by atoms with E-state index in [1.807, 2.05) is 19.1 Å². The molecule has 0 aromatic carbocycles. The first-order valence-corrected chi connectivity index (χ1v) is 16.4. The molecule has 1 heterocycles. The summed E-state index contributed by atoms with van der Waals surface area (Å²) < 4.78 is 10.9. The van der Waals surface area contributed by atoms with Crippen LogP contribution in [-0.4, -0.2) is 110 Å². The second-order valence-corrected chi connectivity index (χ2v) is 11.5. The van der Waals surface area contributed by atoms with Crippen molar-refractivity contribution in [2.45, 2.75) is 152 Å². The fraction of sp³-hybridized carbons (Fsp3) is 0.788. The first-order chi connectivity index (χ1) is 21.2. The summed E-state index contributed by atoms with van der Waals surface area (Å²) in [6.07, 6.45) is 11.3. The van der Waals surface area contributed by atoms with E-state index in [9.17, 15) is 40.5 Å². The predicted molar refractivity (Wildman–Crippen MR) is 168 cm³/mol. The average molecular weight is 630 g/mol. The van der Waals surface area contributed by atoms with E-state index >= 15 is 0 Å². The van der Waals surface area contributed by atoms with Crippen LogP contribution >= 0.6 is 0 Å². The maximum Gasteiger partial charge on any atom is 0.249 e. The molecule has 11 nitrogen and oxygen atoms in total. The van der Waals surface area contributed by atoms with Gasteiger partial charge >= 0.3 is 0 Å². The van der Waals surface area contributed by atoms with Gasteiger partial charge in [0.1, 0.15) is 36.6 Å². The predicted octanol–water partition coefficient (Wildman–Crippen LogP) is 2.15. The van der Waals surface area contributed by atoms with Crippen LogP contribution in [0.1, 0.15) is 97.3 Å². The summed E-state index contributed by atoms with van der Waals surface area (Å²) in [5.41, 5.74) is 0. The van der Waals surface area contributed by atoms with Crippen molar-refractivity contribution < 1.29 is 50.0 Å². The first kappa shape index (κ1) is 40.4. The highest BCUT2D eigenvalue weighted by atomic mass is 16.7. The molecule has 0 aromatic rings. The Labute approximate surface area is 263 Å². The lowest BCUT2D eigenvalue weighted by molar-refractivity contribution is -0.303. The zero-order valence-electron chi connectivity index (χ0n) is 26.6. The zero-order chi connectivity index (χ0) is 32.7. The SMILES string of the molecule is C/C=C/CC/C=C/CCCC(O)C(O)C(COC1OC(CO)C(O)C(O)C1O)NC(=O)C(O)CCCCC/C=C\CCCC. The quantitative estimate of drug-likeness (QED) is 0.0580. The van der Waals surface area contributed by atoms with E-state index < -0.39 is 74.2 Å². The smallest absolute Gasteiger partial charge is 0.249 e. The number of ether oxygens (including phenoxy) is 2. The number of rotatable bonds is 24. The zero-order valence-corrected chi connectivity index (χ0v) is 26.6. The lowest BCUT2D eigenvalue weighted by Gasteiger charge is -2.40. The molecule has 9 atom stereocenters. The van der Waals surface area contributed by atoms with Crippen LogP contribution in [0.2, 0.25) is 0 Å². The van der Waals surface area contributed by atoms with Crippen molar-refractivity contribution in [3.05, 3.63) is 36.5 Å². The fourth-order valence-electron chi connectivity index (χ4n) is 4.85. The molecule has 0 aromatic heterocycles. The summed E-state index contributed by atoms with van der Waals surface area (Å²) in [7, 11) is 0. The number of nitrogens with one attached hydrogen (secondary N) is 1. The van der Waals surface area contributed by atoms with E-state index in [2.05, 4.69) is 36.5 Å². The van der Waals surface area contributed by atoms with Crippen molar-refractivity contribution >= 4 is 5.91 Å². The van der Waals surface area contributed by atoms with Crippen LogP contribution in [-0.2, 0) is 14.3 Å². The molecule has 256 valence electrons. The molecule has 8 N–H and O–H groups in total. The second kappa shape index (κ2) is 24.5. The highest BCUT2D eigenvalue weighted by molar-refractivity contribution is 5.80. The highest BCUT2D eigenvalue weighted by Crippen LogP contribution is 2.22. The van der Waals surface area contributed by atoms with Gasteiger partial charge < -0.3 is 50.5 Å². The number of carbonyl (C=O) groups excluding carboxylic acids is 1. The van der Waals surface area contributed by atoms with E-state index in [1.165, 1.54) is 6.42 Å². The molecule has 0 saturated carbocycles. The molecule has 11 heteroatoms. The van der Waals surface area contributed by atoms with Gasteiger partial charge in [-0.25, -0.2) is 0 Å². The van der Waals surface area contributed by atoms with Gasteiger partial charge in [0, 0.05) is 0 Å². The number of carbonyl (C=O) groups is 1. The minimum atomic E-state index is -1.67. The van der Waals surface area contributed by atoms with Crippen molar-refractivity contribution in [2.24, 2.45) is 0 Å².